The van der Waals surface area contributed by atoms with Gasteiger partial charge in [0.1, 0.15) is 0 Å². The summed E-state index contributed by atoms with van der Waals surface area (Å²) in [6.45, 7) is 4.45. The van der Waals surface area contributed by atoms with E-state index in [1.807, 2.05) is 34.0 Å². The molecule has 138 valence electrons. The number of benzene rings is 1. The van der Waals surface area contributed by atoms with Gasteiger partial charge in [0.2, 0.25) is 0 Å². The molecule has 2 aromatic rings. The molecule has 0 aliphatic carbocycles. The van der Waals surface area contributed by atoms with Crippen LogP contribution in [0, 0.1) is 0 Å². The summed E-state index contributed by atoms with van der Waals surface area (Å²) in [4.78, 5) is 16.7. The van der Waals surface area contributed by atoms with Gasteiger partial charge in [0.05, 0.1) is 12.2 Å². The number of hydrogen-bond donors (Lipinski definition) is 0. The lowest BCUT2D eigenvalue weighted by molar-refractivity contribution is 0.0787. The standard InChI is InChI=1S/C19H24ClN5O/c20-17-8-2-1-6-15(17)12-23-9-5-7-16(13-23)25-14-18(21-22-25)19(26)24-10-3-4-11-24/h1-2,6,8,14,16H,3-5,7,9-13H2. The Kier molecular flexibility index (Phi) is 5.22. The van der Waals surface area contributed by atoms with Crippen molar-refractivity contribution in [1.82, 2.24) is 24.8 Å². The van der Waals surface area contributed by atoms with Crippen LogP contribution in [0.5, 0.6) is 0 Å². The van der Waals surface area contributed by atoms with Gasteiger partial charge < -0.3 is 4.90 Å². The third-order valence-corrected chi connectivity index (χ3v) is 5.70. The van der Waals surface area contributed by atoms with Crippen LogP contribution in [0.15, 0.2) is 30.5 Å². The van der Waals surface area contributed by atoms with Gasteiger partial charge in [-0.3, -0.25) is 9.69 Å². The first kappa shape index (κ1) is 17.5. The molecular formula is C19H24ClN5O. The minimum Gasteiger partial charge on any atom is -0.337 e. The maximum Gasteiger partial charge on any atom is 0.276 e. The molecule has 2 aliphatic rings. The number of hydrogen-bond acceptors (Lipinski definition) is 4. The molecule has 2 saturated heterocycles. The minimum absolute atomic E-state index is 0.0116. The maximum absolute atomic E-state index is 12.5. The third kappa shape index (κ3) is 3.76. The minimum atomic E-state index is 0.0116. The van der Waals surface area contributed by atoms with Gasteiger partial charge in [-0.25, -0.2) is 4.68 Å². The van der Waals surface area contributed by atoms with Crippen molar-refractivity contribution in [2.75, 3.05) is 26.2 Å². The zero-order valence-electron chi connectivity index (χ0n) is 14.9. The van der Waals surface area contributed by atoms with Gasteiger partial charge >= 0.3 is 0 Å². The highest BCUT2D eigenvalue weighted by Gasteiger charge is 2.26. The van der Waals surface area contributed by atoms with Crippen LogP contribution in [0.3, 0.4) is 0 Å². The van der Waals surface area contributed by atoms with Crippen molar-refractivity contribution in [1.29, 1.82) is 0 Å². The summed E-state index contributed by atoms with van der Waals surface area (Å²) in [5, 5.41) is 9.21. The fourth-order valence-corrected chi connectivity index (χ4v) is 4.09. The third-order valence-electron chi connectivity index (χ3n) is 5.33. The topological polar surface area (TPSA) is 54.3 Å². The van der Waals surface area contributed by atoms with Gasteiger partial charge in [-0.15, -0.1) is 5.10 Å². The zero-order chi connectivity index (χ0) is 17.9. The first-order valence-electron chi connectivity index (χ1n) is 9.37. The van der Waals surface area contributed by atoms with Crippen LogP contribution < -0.4 is 0 Å². The lowest BCUT2D eigenvalue weighted by Crippen LogP contribution is -2.36. The molecule has 4 rings (SSSR count). The van der Waals surface area contributed by atoms with Gasteiger partial charge in [-0.2, -0.15) is 0 Å². The molecular weight excluding hydrogens is 350 g/mol. The summed E-state index contributed by atoms with van der Waals surface area (Å²) < 4.78 is 1.88. The fraction of sp³-hybridized carbons (Fsp3) is 0.526. The highest BCUT2D eigenvalue weighted by Crippen LogP contribution is 2.24. The monoisotopic (exact) mass is 373 g/mol. The zero-order valence-corrected chi connectivity index (χ0v) is 15.6. The van der Waals surface area contributed by atoms with Crippen molar-refractivity contribution in [3.05, 3.63) is 46.7 Å². The van der Waals surface area contributed by atoms with Gasteiger partial charge in [0, 0.05) is 31.2 Å². The van der Waals surface area contributed by atoms with Crippen molar-refractivity contribution < 1.29 is 4.79 Å². The summed E-state index contributed by atoms with van der Waals surface area (Å²) in [6.07, 6.45) is 6.15. The average molecular weight is 374 g/mol. The average Bonchev–Trinajstić information content (AvgIpc) is 3.36. The first-order chi connectivity index (χ1) is 12.7. The lowest BCUT2D eigenvalue weighted by Gasteiger charge is -2.32. The normalized spacial score (nSPS) is 21.3. The predicted molar refractivity (Wildman–Crippen MR) is 100 cm³/mol. The number of nitrogens with zero attached hydrogens (tertiary/aromatic N) is 5. The molecule has 1 aromatic heterocycles. The number of carbonyl (C=O) groups excluding carboxylic acids is 1. The van der Waals surface area contributed by atoms with Crippen molar-refractivity contribution in [2.45, 2.75) is 38.3 Å². The highest BCUT2D eigenvalue weighted by molar-refractivity contribution is 6.31. The molecule has 1 atom stereocenters. The second-order valence-electron chi connectivity index (χ2n) is 7.21. The quantitative estimate of drug-likeness (QED) is 0.826. The molecule has 26 heavy (non-hydrogen) atoms. The number of aromatic nitrogens is 3. The molecule has 0 N–H and O–H groups in total. The molecule has 3 heterocycles. The predicted octanol–water partition coefficient (Wildman–Crippen LogP) is 3.00. The van der Waals surface area contributed by atoms with E-state index < -0.39 is 0 Å². The van der Waals surface area contributed by atoms with E-state index in [0.717, 1.165) is 69.0 Å². The number of carbonyl (C=O) groups is 1. The Bertz CT molecular complexity index is 771. The van der Waals surface area contributed by atoms with E-state index in [1.54, 1.807) is 0 Å². The summed E-state index contributed by atoms with van der Waals surface area (Å²) in [5.41, 5.74) is 1.62. The Morgan fingerprint density at radius 3 is 2.77 bits per heavy atom. The molecule has 2 aliphatic heterocycles. The van der Waals surface area contributed by atoms with Crippen LogP contribution in [0.25, 0.3) is 0 Å². The highest BCUT2D eigenvalue weighted by atomic mass is 35.5. The Morgan fingerprint density at radius 1 is 1.15 bits per heavy atom. The number of rotatable bonds is 4. The van der Waals surface area contributed by atoms with Gasteiger partial charge in [-0.1, -0.05) is 35.0 Å². The molecule has 0 radical (unpaired) electrons. The van der Waals surface area contributed by atoms with Crippen LogP contribution >= 0.6 is 11.6 Å². The van der Waals surface area contributed by atoms with E-state index in [0.29, 0.717) is 5.69 Å². The Labute approximate surface area is 158 Å². The molecule has 6 nitrogen and oxygen atoms in total. The SMILES string of the molecule is O=C(c1cn(C2CCCN(Cc3ccccc3Cl)C2)nn1)N1CCCC1. The molecule has 0 saturated carbocycles. The lowest BCUT2D eigenvalue weighted by atomic mass is 10.0. The summed E-state index contributed by atoms with van der Waals surface area (Å²) in [6, 6.07) is 8.24. The van der Waals surface area contributed by atoms with E-state index >= 15 is 0 Å². The molecule has 1 amide bonds. The number of halogens is 1. The summed E-state index contributed by atoms with van der Waals surface area (Å²) in [5.74, 6) is 0.0116. The molecule has 7 heteroatoms. The smallest absolute Gasteiger partial charge is 0.276 e. The van der Waals surface area contributed by atoms with E-state index in [4.69, 9.17) is 11.6 Å². The molecule has 1 aromatic carbocycles. The number of piperidine rings is 1. The summed E-state index contributed by atoms with van der Waals surface area (Å²) in [7, 11) is 0. The largest absolute Gasteiger partial charge is 0.337 e. The second-order valence-corrected chi connectivity index (χ2v) is 7.61. The van der Waals surface area contributed by atoms with Crippen molar-refractivity contribution in [2.24, 2.45) is 0 Å². The van der Waals surface area contributed by atoms with Gasteiger partial charge in [0.25, 0.3) is 5.91 Å². The number of amides is 1. The van der Waals surface area contributed by atoms with Crippen LogP contribution in [-0.4, -0.2) is 56.9 Å². The van der Waals surface area contributed by atoms with Crippen molar-refractivity contribution >= 4 is 17.5 Å². The summed E-state index contributed by atoms with van der Waals surface area (Å²) >= 11 is 6.30. The van der Waals surface area contributed by atoms with Crippen LogP contribution in [-0.2, 0) is 6.54 Å². The van der Waals surface area contributed by atoms with E-state index in [2.05, 4.69) is 21.3 Å². The van der Waals surface area contributed by atoms with Crippen molar-refractivity contribution in [3.63, 3.8) is 0 Å². The molecule has 0 bridgehead atoms. The Balaban J connectivity index is 1.41. The van der Waals surface area contributed by atoms with Gasteiger partial charge in [-0.05, 0) is 43.9 Å². The maximum atomic E-state index is 12.5. The first-order valence-corrected chi connectivity index (χ1v) is 9.75. The number of likely N-dealkylation sites (tertiary alicyclic amines) is 2. The van der Waals surface area contributed by atoms with Crippen LogP contribution in [0.1, 0.15) is 47.8 Å². The van der Waals surface area contributed by atoms with Crippen LogP contribution in [0.4, 0.5) is 0 Å². The molecule has 0 spiro atoms. The Morgan fingerprint density at radius 2 is 1.96 bits per heavy atom. The van der Waals surface area contributed by atoms with Crippen molar-refractivity contribution in [3.8, 4) is 0 Å². The van der Waals surface area contributed by atoms with Crippen LogP contribution in [0.2, 0.25) is 5.02 Å². The Hall–Kier alpha value is -1.92. The molecule has 1 unspecified atom stereocenters. The molecule has 2 fully saturated rings. The van der Waals surface area contributed by atoms with E-state index in [1.165, 1.54) is 0 Å². The van der Waals surface area contributed by atoms with E-state index in [9.17, 15) is 4.79 Å². The van der Waals surface area contributed by atoms with Gasteiger partial charge in [0.15, 0.2) is 5.69 Å². The fourth-order valence-electron chi connectivity index (χ4n) is 3.89. The van der Waals surface area contributed by atoms with E-state index in [-0.39, 0.29) is 11.9 Å². The second kappa shape index (κ2) is 7.76.